The van der Waals surface area contributed by atoms with Gasteiger partial charge in [-0.1, -0.05) is 30.3 Å². The normalized spacial score (nSPS) is 24.5. The van der Waals surface area contributed by atoms with Crippen LogP contribution in [-0.2, 0) is 0 Å². The van der Waals surface area contributed by atoms with Gasteiger partial charge in [0.25, 0.3) is 0 Å². The van der Waals surface area contributed by atoms with E-state index in [1.54, 1.807) is 0 Å². The molecule has 69 valence electrons. The highest BCUT2D eigenvalue weighted by Crippen LogP contribution is 2.24. The lowest BCUT2D eigenvalue weighted by Crippen LogP contribution is -2.36. The summed E-state index contributed by atoms with van der Waals surface area (Å²) in [4.78, 5) is 2.23. The second-order valence-electron chi connectivity index (χ2n) is 3.46. The van der Waals surface area contributed by atoms with Gasteiger partial charge < -0.3 is 0 Å². The number of nitrogens with one attached hydrogen (secondary N) is 1. The lowest BCUT2D eigenvalue weighted by molar-refractivity contribution is 0.228. The third-order valence-electron chi connectivity index (χ3n) is 2.53. The van der Waals surface area contributed by atoms with Gasteiger partial charge >= 0.3 is 0 Å². The van der Waals surface area contributed by atoms with Gasteiger partial charge in [0.2, 0.25) is 0 Å². The van der Waals surface area contributed by atoms with Gasteiger partial charge in [-0.2, -0.15) is 0 Å². The molecule has 0 spiro atoms. The fourth-order valence-electron chi connectivity index (χ4n) is 1.80. The average molecular weight is 175 g/mol. The molecule has 1 aliphatic rings. The van der Waals surface area contributed by atoms with E-state index in [4.69, 9.17) is 0 Å². The molecule has 13 heavy (non-hydrogen) atoms. The first-order valence-corrected chi connectivity index (χ1v) is 4.71. The minimum absolute atomic E-state index is 0.544. The van der Waals surface area contributed by atoms with Crippen molar-refractivity contribution in [3.05, 3.63) is 42.6 Å². The molecule has 1 saturated heterocycles. The Kier molecular flexibility index (Phi) is 2.62. The standard InChI is InChI=1S/C11H15N2/c1-13-9-12-8-7-11(13)10-5-3-2-4-6-10/h2-6,9,11-12H,7-8H2,1H3. The maximum Gasteiger partial charge on any atom is 0.0896 e. The summed E-state index contributed by atoms with van der Waals surface area (Å²) in [5, 5.41) is 3.24. The summed E-state index contributed by atoms with van der Waals surface area (Å²) < 4.78 is 0. The van der Waals surface area contributed by atoms with E-state index >= 15 is 0 Å². The van der Waals surface area contributed by atoms with E-state index in [9.17, 15) is 0 Å². The van der Waals surface area contributed by atoms with E-state index in [1.165, 1.54) is 12.0 Å². The van der Waals surface area contributed by atoms with E-state index in [-0.39, 0.29) is 0 Å². The Morgan fingerprint density at radius 3 is 2.77 bits per heavy atom. The van der Waals surface area contributed by atoms with Crippen molar-refractivity contribution in [2.24, 2.45) is 0 Å². The van der Waals surface area contributed by atoms with Crippen LogP contribution in [0.4, 0.5) is 0 Å². The Morgan fingerprint density at radius 2 is 2.08 bits per heavy atom. The SMILES string of the molecule is CN1[CH]NCCC1c1ccccc1. The van der Waals surface area contributed by atoms with Crippen LogP contribution in [-0.4, -0.2) is 18.5 Å². The molecule has 1 N–H and O–H groups in total. The van der Waals surface area contributed by atoms with Crippen LogP contribution in [0.25, 0.3) is 0 Å². The van der Waals surface area contributed by atoms with Crippen molar-refractivity contribution in [2.45, 2.75) is 12.5 Å². The quantitative estimate of drug-likeness (QED) is 0.699. The van der Waals surface area contributed by atoms with Crippen LogP contribution in [0.1, 0.15) is 18.0 Å². The van der Waals surface area contributed by atoms with Gasteiger partial charge in [0, 0.05) is 6.04 Å². The number of hydrogen-bond donors (Lipinski definition) is 1. The summed E-state index contributed by atoms with van der Waals surface area (Å²) in [6, 6.07) is 11.2. The summed E-state index contributed by atoms with van der Waals surface area (Å²) in [6.45, 7) is 3.13. The molecule has 1 aromatic carbocycles. The molecule has 1 unspecified atom stereocenters. The average Bonchev–Trinajstić information content (AvgIpc) is 2.20. The van der Waals surface area contributed by atoms with Gasteiger partial charge in [0.05, 0.1) is 6.67 Å². The first kappa shape index (κ1) is 8.73. The number of hydrogen-bond acceptors (Lipinski definition) is 2. The highest BCUT2D eigenvalue weighted by Gasteiger charge is 2.19. The van der Waals surface area contributed by atoms with Crippen molar-refractivity contribution in [1.29, 1.82) is 0 Å². The maximum absolute atomic E-state index is 3.24. The molecule has 0 saturated carbocycles. The summed E-state index contributed by atoms with van der Waals surface area (Å²) in [6.07, 6.45) is 1.18. The second kappa shape index (κ2) is 3.90. The first-order chi connectivity index (χ1) is 6.38. The van der Waals surface area contributed by atoms with Crippen LogP contribution in [0, 0.1) is 6.67 Å². The minimum atomic E-state index is 0.544. The van der Waals surface area contributed by atoms with Crippen LogP contribution in [0.15, 0.2) is 30.3 Å². The van der Waals surface area contributed by atoms with Crippen LogP contribution in [0.3, 0.4) is 0 Å². The monoisotopic (exact) mass is 175 g/mol. The Hall–Kier alpha value is -0.860. The zero-order valence-corrected chi connectivity index (χ0v) is 7.90. The molecule has 1 radical (unpaired) electrons. The smallest absolute Gasteiger partial charge is 0.0896 e. The molecule has 0 aliphatic carbocycles. The van der Waals surface area contributed by atoms with Crippen molar-refractivity contribution in [2.75, 3.05) is 13.6 Å². The van der Waals surface area contributed by atoms with Crippen LogP contribution < -0.4 is 5.32 Å². The molecule has 1 atom stereocenters. The van der Waals surface area contributed by atoms with E-state index in [2.05, 4.69) is 54.3 Å². The maximum atomic E-state index is 3.24. The molecule has 2 heteroatoms. The molecule has 1 aliphatic heterocycles. The molecule has 0 aromatic heterocycles. The summed E-state index contributed by atoms with van der Waals surface area (Å²) in [7, 11) is 2.11. The van der Waals surface area contributed by atoms with Crippen molar-refractivity contribution in [3.63, 3.8) is 0 Å². The highest BCUT2D eigenvalue weighted by atomic mass is 15.2. The van der Waals surface area contributed by atoms with Gasteiger partial charge in [-0.15, -0.1) is 0 Å². The molecule has 1 fully saturated rings. The zero-order valence-electron chi connectivity index (χ0n) is 7.90. The molecular formula is C11H15N2. The van der Waals surface area contributed by atoms with Crippen LogP contribution in [0.5, 0.6) is 0 Å². The van der Waals surface area contributed by atoms with Gasteiger partial charge in [-0.25, -0.2) is 0 Å². The third kappa shape index (κ3) is 1.90. The first-order valence-electron chi connectivity index (χ1n) is 4.71. The van der Waals surface area contributed by atoms with E-state index in [0.717, 1.165) is 6.54 Å². The predicted octanol–water partition coefficient (Wildman–Crippen LogP) is 1.77. The molecule has 2 nitrogen and oxygen atoms in total. The zero-order chi connectivity index (χ0) is 9.10. The second-order valence-corrected chi connectivity index (χ2v) is 3.46. The van der Waals surface area contributed by atoms with Crippen molar-refractivity contribution < 1.29 is 0 Å². The summed E-state index contributed by atoms with van der Waals surface area (Å²) >= 11 is 0. The third-order valence-corrected chi connectivity index (χ3v) is 2.53. The Morgan fingerprint density at radius 1 is 1.31 bits per heavy atom. The van der Waals surface area contributed by atoms with Crippen molar-refractivity contribution in [3.8, 4) is 0 Å². The lowest BCUT2D eigenvalue weighted by Gasteiger charge is -2.32. The molecular weight excluding hydrogens is 160 g/mol. The number of nitrogens with zero attached hydrogens (tertiary/aromatic N) is 1. The van der Waals surface area contributed by atoms with Gasteiger partial charge in [0.1, 0.15) is 0 Å². The largest absolute Gasteiger partial charge is 0.299 e. The van der Waals surface area contributed by atoms with E-state index in [0.29, 0.717) is 6.04 Å². The Bertz CT molecular complexity index is 258. The molecule has 1 aromatic rings. The van der Waals surface area contributed by atoms with Crippen LogP contribution >= 0.6 is 0 Å². The van der Waals surface area contributed by atoms with Crippen molar-refractivity contribution >= 4 is 0 Å². The number of benzene rings is 1. The lowest BCUT2D eigenvalue weighted by atomic mass is 10.0. The molecule has 1 heterocycles. The predicted molar refractivity (Wildman–Crippen MR) is 53.9 cm³/mol. The van der Waals surface area contributed by atoms with Gasteiger partial charge in [-0.3, -0.25) is 10.2 Å². The Balaban J connectivity index is 2.15. The topological polar surface area (TPSA) is 15.3 Å². The molecule has 0 bridgehead atoms. The van der Waals surface area contributed by atoms with Gasteiger partial charge in [0.15, 0.2) is 0 Å². The Labute approximate surface area is 79.6 Å². The van der Waals surface area contributed by atoms with Crippen LogP contribution in [0.2, 0.25) is 0 Å². The summed E-state index contributed by atoms with van der Waals surface area (Å²) in [5.74, 6) is 0. The fourth-order valence-corrected chi connectivity index (χ4v) is 1.80. The van der Waals surface area contributed by atoms with E-state index in [1.807, 2.05) is 0 Å². The summed E-state index contributed by atoms with van der Waals surface area (Å²) in [5.41, 5.74) is 1.41. The fraction of sp³-hybridized carbons (Fsp3) is 0.364. The van der Waals surface area contributed by atoms with Crippen molar-refractivity contribution in [1.82, 2.24) is 10.2 Å². The highest BCUT2D eigenvalue weighted by molar-refractivity contribution is 5.19. The molecule has 0 amide bonds. The van der Waals surface area contributed by atoms with E-state index < -0.39 is 0 Å². The van der Waals surface area contributed by atoms with Gasteiger partial charge in [-0.05, 0) is 25.6 Å². The molecule has 2 rings (SSSR count). The number of rotatable bonds is 1. The minimum Gasteiger partial charge on any atom is -0.299 e.